The average molecular weight is 303 g/mol. The number of nitrogens with zero attached hydrogens (tertiary/aromatic N) is 1. The van der Waals surface area contributed by atoms with Crippen molar-refractivity contribution in [1.29, 1.82) is 0 Å². The third kappa shape index (κ3) is 4.63. The highest BCUT2D eigenvalue weighted by Crippen LogP contribution is 2.43. The molecule has 0 aromatic heterocycles. The van der Waals surface area contributed by atoms with E-state index in [1.807, 2.05) is 0 Å². The fourth-order valence-electron chi connectivity index (χ4n) is 4.28. The molecule has 2 unspecified atom stereocenters. The van der Waals surface area contributed by atoms with Crippen molar-refractivity contribution in [2.75, 3.05) is 19.6 Å². The summed E-state index contributed by atoms with van der Waals surface area (Å²) in [6.07, 6.45) is 4.51. The summed E-state index contributed by atoms with van der Waals surface area (Å²) < 4.78 is 0. The van der Waals surface area contributed by atoms with Crippen LogP contribution in [-0.2, 0) is 4.79 Å². The lowest BCUT2D eigenvalue weighted by Crippen LogP contribution is -2.52. The van der Waals surface area contributed by atoms with Crippen molar-refractivity contribution in [3.8, 4) is 0 Å². The van der Waals surface area contributed by atoms with Crippen molar-refractivity contribution in [2.24, 2.45) is 17.3 Å². The maximum atomic E-state index is 12.5. The fourth-order valence-corrected chi connectivity index (χ4v) is 4.28. The lowest BCUT2D eigenvalue weighted by Gasteiger charge is -2.40. The van der Waals surface area contributed by atoms with Crippen LogP contribution in [-0.4, -0.2) is 36.5 Å². The van der Waals surface area contributed by atoms with Gasteiger partial charge in [0, 0.05) is 32.1 Å². The number of carbonyl (C=O) groups excluding carboxylic acids is 1. The van der Waals surface area contributed by atoms with Crippen LogP contribution < -0.4 is 5.32 Å². The van der Waals surface area contributed by atoms with Crippen LogP contribution in [0.3, 0.4) is 0 Å². The van der Waals surface area contributed by atoms with Crippen molar-refractivity contribution in [3.05, 3.63) is 0 Å². The second-order valence-electron chi connectivity index (χ2n) is 7.62. The van der Waals surface area contributed by atoms with Gasteiger partial charge in [0.15, 0.2) is 0 Å². The SMILES string of the molecule is CC1CC(CC(=O)N2CCNC[C@H]2C)CC(C)(C)C1.Cl. The van der Waals surface area contributed by atoms with E-state index in [0.717, 1.165) is 32.0 Å². The van der Waals surface area contributed by atoms with E-state index in [-0.39, 0.29) is 12.4 Å². The number of rotatable bonds is 2. The summed E-state index contributed by atoms with van der Waals surface area (Å²) in [5.41, 5.74) is 0.414. The first-order valence-electron chi connectivity index (χ1n) is 7.87. The van der Waals surface area contributed by atoms with Gasteiger partial charge in [0.25, 0.3) is 0 Å². The number of piperazine rings is 1. The lowest BCUT2D eigenvalue weighted by molar-refractivity contribution is -0.135. The zero-order valence-corrected chi connectivity index (χ0v) is 14.3. The van der Waals surface area contributed by atoms with E-state index in [1.54, 1.807) is 0 Å². The van der Waals surface area contributed by atoms with E-state index in [0.29, 0.717) is 23.3 Å². The molecule has 0 bridgehead atoms. The van der Waals surface area contributed by atoms with Gasteiger partial charge in [-0.2, -0.15) is 0 Å². The molecule has 1 amide bonds. The fraction of sp³-hybridized carbons (Fsp3) is 0.938. The minimum Gasteiger partial charge on any atom is -0.337 e. The summed E-state index contributed by atoms with van der Waals surface area (Å²) in [5.74, 6) is 1.74. The first-order valence-corrected chi connectivity index (χ1v) is 7.87. The number of nitrogens with one attached hydrogen (secondary N) is 1. The predicted molar refractivity (Wildman–Crippen MR) is 86.2 cm³/mol. The lowest BCUT2D eigenvalue weighted by atomic mass is 9.67. The van der Waals surface area contributed by atoms with Gasteiger partial charge in [-0.05, 0) is 43.4 Å². The largest absolute Gasteiger partial charge is 0.337 e. The average Bonchev–Trinajstić information content (AvgIpc) is 2.26. The van der Waals surface area contributed by atoms with Gasteiger partial charge in [-0.25, -0.2) is 0 Å². The van der Waals surface area contributed by atoms with Crippen LogP contribution in [0.15, 0.2) is 0 Å². The Morgan fingerprint density at radius 2 is 2.00 bits per heavy atom. The van der Waals surface area contributed by atoms with Crippen molar-refractivity contribution in [2.45, 2.75) is 59.4 Å². The minimum atomic E-state index is 0. The van der Waals surface area contributed by atoms with E-state index < -0.39 is 0 Å². The van der Waals surface area contributed by atoms with E-state index in [2.05, 4.69) is 37.9 Å². The second-order valence-corrected chi connectivity index (χ2v) is 7.62. The van der Waals surface area contributed by atoms with E-state index in [9.17, 15) is 4.79 Å². The molecular formula is C16H31ClN2O. The molecule has 118 valence electrons. The van der Waals surface area contributed by atoms with Crippen LogP contribution in [0.25, 0.3) is 0 Å². The van der Waals surface area contributed by atoms with Crippen molar-refractivity contribution >= 4 is 18.3 Å². The van der Waals surface area contributed by atoms with Crippen LogP contribution >= 0.6 is 12.4 Å². The summed E-state index contributed by atoms with van der Waals surface area (Å²) in [5, 5.41) is 3.35. The molecular weight excluding hydrogens is 272 g/mol. The zero-order valence-electron chi connectivity index (χ0n) is 13.4. The molecule has 3 nitrogen and oxygen atoms in total. The van der Waals surface area contributed by atoms with E-state index >= 15 is 0 Å². The van der Waals surface area contributed by atoms with Crippen molar-refractivity contribution < 1.29 is 4.79 Å². The number of hydrogen-bond acceptors (Lipinski definition) is 2. The smallest absolute Gasteiger partial charge is 0.223 e. The molecule has 3 atom stereocenters. The number of carbonyl (C=O) groups is 1. The quantitative estimate of drug-likeness (QED) is 0.850. The van der Waals surface area contributed by atoms with Gasteiger partial charge in [0.2, 0.25) is 5.91 Å². The Bertz CT molecular complexity index is 332. The van der Waals surface area contributed by atoms with Crippen LogP contribution in [0.5, 0.6) is 0 Å². The Labute approximate surface area is 130 Å². The van der Waals surface area contributed by atoms with Crippen LogP contribution in [0.4, 0.5) is 0 Å². The van der Waals surface area contributed by atoms with Gasteiger partial charge in [0.05, 0.1) is 0 Å². The predicted octanol–water partition coefficient (Wildman–Crippen LogP) is 3.08. The Hall–Kier alpha value is -0.280. The maximum Gasteiger partial charge on any atom is 0.223 e. The van der Waals surface area contributed by atoms with Gasteiger partial charge in [-0.3, -0.25) is 4.79 Å². The molecule has 4 heteroatoms. The van der Waals surface area contributed by atoms with Crippen molar-refractivity contribution in [3.63, 3.8) is 0 Å². The number of halogens is 1. The van der Waals surface area contributed by atoms with Gasteiger partial charge in [0.1, 0.15) is 0 Å². The van der Waals surface area contributed by atoms with Crippen molar-refractivity contribution in [1.82, 2.24) is 10.2 Å². The van der Waals surface area contributed by atoms with E-state index in [1.165, 1.54) is 19.3 Å². The summed E-state index contributed by atoms with van der Waals surface area (Å²) in [7, 11) is 0. The molecule has 1 N–H and O–H groups in total. The van der Waals surface area contributed by atoms with Gasteiger partial charge >= 0.3 is 0 Å². The second kappa shape index (κ2) is 7.13. The topological polar surface area (TPSA) is 32.3 Å². The molecule has 2 rings (SSSR count). The molecule has 2 aliphatic rings. The minimum absolute atomic E-state index is 0. The highest BCUT2D eigenvalue weighted by atomic mass is 35.5. The summed E-state index contributed by atoms with van der Waals surface area (Å²) in [6, 6.07) is 0.357. The third-order valence-electron chi connectivity index (χ3n) is 4.76. The molecule has 1 saturated heterocycles. The third-order valence-corrected chi connectivity index (χ3v) is 4.76. The molecule has 1 saturated carbocycles. The monoisotopic (exact) mass is 302 g/mol. The highest BCUT2D eigenvalue weighted by Gasteiger charge is 2.34. The summed E-state index contributed by atoms with van der Waals surface area (Å²) in [4.78, 5) is 14.6. The van der Waals surface area contributed by atoms with Crippen LogP contribution in [0, 0.1) is 17.3 Å². The Kier molecular flexibility index (Phi) is 6.33. The summed E-state index contributed by atoms with van der Waals surface area (Å²) in [6.45, 7) is 12.0. The van der Waals surface area contributed by atoms with E-state index in [4.69, 9.17) is 0 Å². The molecule has 2 fully saturated rings. The Balaban J connectivity index is 0.00000200. The molecule has 1 aliphatic heterocycles. The molecule has 0 spiro atoms. The molecule has 1 heterocycles. The van der Waals surface area contributed by atoms with Gasteiger partial charge in [-0.1, -0.05) is 20.8 Å². The van der Waals surface area contributed by atoms with Gasteiger partial charge < -0.3 is 10.2 Å². The van der Waals surface area contributed by atoms with Gasteiger partial charge in [-0.15, -0.1) is 12.4 Å². The Morgan fingerprint density at radius 1 is 1.30 bits per heavy atom. The molecule has 20 heavy (non-hydrogen) atoms. The van der Waals surface area contributed by atoms with Crippen LogP contribution in [0.2, 0.25) is 0 Å². The molecule has 0 aromatic carbocycles. The molecule has 0 aromatic rings. The first-order chi connectivity index (χ1) is 8.87. The van der Waals surface area contributed by atoms with Crippen LogP contribution in [0.1, 0.15) is 53.4 Å². The zero-order chi connectivity index (χ0) is 14.0. The molecule has 1 aliphatic carbocycles. The Morgan fingerprint density at radius 3 is 2.60 bits per heavy atom. The number of hydrogen-bond donors (Lipinski definition) is 1. The summed E-state index contributed by atoms with van der Waals surface area (Å²) >= 11 is 0. The molecule has 0 radical (unpaired) electrons. The number of amides is 1. The standard InChI is InChI=1S/C16H30N2O.ClH/c1-12-7-14(10-16(3,4)9-12)8-15(19)18-6-5-17-11-13(18)2;/h12-14,17H,5-11H2,1-4H3;1H/t12?,13-,14?;/m1./s1. The first kappa shape index (κ1) is 17.8. The highest BCUT2D eigenvalue weighted by molar-refractivity contribution is 5.85. The maximum absolute atomic E-state index is 12.5. The normalized spacial score (nSPS) is 33.4.